The highest BCUT2D eigenvalue weighted by atomic mass is 79.9. The third-order valence-corrected chi connectivity index (χ3v) is 4.13. The molecule has 0 amide bonds. The van der Waals surface area contributed by atoms with Gasteiger partial charge in [0, 0.05) is 21.7 Å². The van der Waals surface area contributed by atoms with Crippen LogP contribution in [-0.2, 0) is 0 Å². The van der Waals surface area contributed by atoms with Crippen molar-refractivity contribution >= 4 is 38.3 Å². The van der Waals surface area contributed by atoms with E-state index in [1.54, 1.807) is 6.20 Å². The lowest BCUT2D eigenvalue weighted by Gasteiger charge is -2.11. The molecule has 5 heteroatoms. The fraction of sp³-hybridized carbons (Fsp3) is 0. The Labute approximate surface area is 147 Å². The van der Waals surface area contributed by atoms with Gasteiger partial charge < -0.3 is 5.32 Å². The minimum Gasteiger partial charge on any atom is -0.340 e. The number of fused-ring (bicyclic) bond motifs is 1. The molecule has 0 aliphatic rings. The molecule has 2 aromatic carbocycles. The van der Waals surface area contributed by atoms with Crippen LogP contribution in [0.5, 0.6) is 0 Å². The number of rotatable bonds is 3. The Hall–Kier alpha value is -2.79. The number of hydrogen-bond donors (Lipinski definition) is 1. The lowest BCUT2D eigenvalue weighted by Crippen LogP contribution is -2.00. The first kappa shape index (κ1) is 14.8. The summed E-state index contributed by atoms with van der Waals surface area (Å²) in [5.41, 5.74) is 2.60. The molecule has 0 saturated heterocycles. The van der Waals surface area contributed by atoms with Crippen LogP contribution in [0.25, 0.3) is 22.4 Å². The molecule has 4 aromatic rings. The van der Waals surface area contributed by atoms with Crippen LogP contribution in [0.1, 0.15) is 0 Å². The van der Waals surface area contributed by atoms with Crippen molar-refractivity contribution in [2.75, 3.05) is 5.32 Å². The molecule has 0 aliphatic carbocycles. The molecule has 0 saturated carbocycles. The van der Waals surface area contributed by atoms with Crippen molar-refractivity contribution in [3.05, 3.63) is 77.4 Å². The van der Waals surface area contributed by atoms with Crippen LogP contribution in [0.3, 0.4) is 0 Å². The number of anilines is 2. The molecule has 4 nitrogen and oxygen atoms in total. The molecular formula is C19H13BrN4. The fourth-order valence-electron chi connectivity index (χ4n) is 2.45. The Kier molecular flexibility index (Phi) is 3.92. The largest absolute Gasteiger partial charge is 0.340 e. The Morgan fingerprint density at radius 3 is 2.38 bits per heavy atom. The van der Waals surface area contributed by atoms with E-state index >= 15 is 0 Å². The number of pyridine rings is 1. The minimum atomic E-state index is 0.605. The van der Waals surface area contributed by atoms with Crippen LogP contribution in [0.4, 0.5) is 11.5 Å². The first-order valence-corrected chi connectivity index (χ1v) is 8.30. The Balaban J connectivity index is 1.85. The molecule has 0 unspecified atom stereocenters. The summed E-state index contributed by atoms with van der Waals surface area (Å²) in [6.07, 6.45) is 1.75. The molecule has 116 valence electrons. The van der Waals surface area contributed by atoms with E-state index < -0.39 is 0 Å². The van der Waals surface area contributed by atoms with E-state index in [1.807, 2.05) is 66.7 Å². The number of halogens is 1. The minimum absolute atomic E-state index is 0.605. The van der Waals surface area contributed by atoms with Crippen LogP contribution < -0.4 is 5.32 Å². The molecule has 24 heavy (non-hydrogen) atoms. The molecule has 2 heterocycles. The summed E-state index contributed by atoms with van der Waals surface area (Å²) in [6, 6.07) is 21.7. The van der Waals surface area contributed by atoms with E-state index in [4.69, 9.17) is 4.98 Å². The van der Waals surface area contributed by atoms with Gasteiger partial charge in [-0.3, -0.25) is 4.98 Å². The molecule has 2 aromatic heterocycles. The van der Waals surface area contributed by atoms with Crippen molar-refractivity contribution < 1.29 is 0 Å². The summed E-state index contributed by atoms with van der Waals surface area (Å²) in [6.45, 7) is 0. The molecule has 0 atom stereocenters. The van der Waals surface area contributed by atoms with E-state index in [0.717, 1.165) is 32.6 Å². The van der Waals surface area contributed by atoms with Gasteiger partial charge in [0.05, 0.1) is 5.52 Å². The molecule has 0 aliphatic heterocycles. The smallest absolute Gasteiger partial charge is 0.180 e. The zero-order chi connectivity index (χ0) is 16.4. The monoisotopic (exact) mass is 376 g/mol. The van der Waals surface area contributed by atoms with E-state index in [-0.39, 0.29) is 0 Å². The second-order valence-corrected chi connectivity index (χ2v) is 6.18. The molecule has 0 fully saturated rings. The number of nitrogens with one attached hydrogen (secondary N) is 1. The number of benzene rings is 2. The van der Waals surface area contributed by atoms with Gasteiger partial charge in [0.1, 0.15) is 11.5 Å². The fourth-order valence-corrected chi connectivity index (χ4v) is 2.72. The number of hydrogen-bond acceptors (Lipinski definition) is 4. The van der Waals surface area contributed by atoms with Crippen molar-refractivity contribution in [2.45, 2.75) is 0 Å². The maximum absolute atomic E-state index is 4.69. The van der Waals surface area contributed by atoms with Crippen LogP contribution in [0.2, 0.25) is 0 Å². The van der Waals surface area contributed by atoms with Gasteiger partial charge in [-0.1, -0.05) is 34.1 Å². The van der Waals surface area contributed by atoms with Crippen LogP contribution in [0.15, 0.2) is 77.4 Å². The van der Waals surface area contributed by atoms with Gasteiger partial charge in [-0.25, -0.2) is 9.97 Å². The standard InChI is InChI=1S/C19H13BrN4/c20-13-8-10-14(11-9-13)22-18-15-5-1-2-6-16(15)23-19(24-18)17-7-3-4-12-21-17/h1-12H,(H,22,23,24). The number of nitrogens with zero attached hydrogens (tertiary/aromatic N) is 3. The van der Waals surface area contributed by atoms with Crippen molar-refractivity contribution in [3.63, 3.8) is 0 Å². The van der Waals surface area contributed by atoms with Gasteiger partial charge in [-0.2, -0.15) is 0 Å². The average molecular weight is 377 g/mol. The number of para-hydroxylation sites is 1. The van der Waals surface area contributed by atoms with Crippen molar-refractivity contribution in [3.8, 4) is 11.5 Å². The van der Waals surface area contributed by atoms with Crippen molar-refractivity contribution in [2.24, 2.45) is 0 Å². The molecule has 0 spiro atoms. The first-order valence-electron chi connectivity index (χ1n) is 7.50. The molecular weight excluding hydrogens is 364 g/mol. The normalized spacial score (nSPS) is 10.7. The zero-order valence-electron chi connectivity index (χ0n) is 12.6. The van der Waals surface area contributed by atoms with E-state index in [2.05, 4.69) is 31.2 Å². The summed E-state index contributed by atoms with van der Waals surface area (Å²) in [5, 5.41) is 4.36. The quantitative estimate of drug-likeness (QED) is 0.533. The summed E-state index contributed by atoms with van der Waals surface area (Å²) in [5.74, 6) is 1.37. The SMILES string of the molecule is Brc1ccc(Nc2nc(-c3ccccn3)nc3ccccc23)cc1. The van der Waals surface area contributed by atoms with Crippen LogP contribution >= 0.6 is 15.9 Å². The third-order valence-electron chi connectivity index (χ3n) is 3.60. The summed E-state index contributed by atoms with van der Waals surface area (Å²) < 4.78 is 1.04. The first-order chi connectivity index (χ1) is 11.8. The van der Waals surface area contributed by atoms with Gasteiger partial charge in [0.15, 0.2) is 5.82 Å². The van der Waals surface area contributed by atoms with Gasteiger partial charge in [-0.15, -0.1) is 0 Å². The molecule has 4 rings (SSSR count). The topological polar surface area (TPSA) is 50.7 Å². The summed E-state index contributed by atoms with van der Waals surface area (Å²) in [4.78, 5) is 13.7. The van der Waals surface area contributed by atoms with Crippen molar-refractivity contribution in [1.82, 2.24) is 15.0 Å². The summed E-state index contributed by atoms with van der Waals surface area (Å²) >= 11 is 3.45. The van der Waals surface area contributed by atoms with Crippen molar-refractivity contribution in [1.29, 1.82) is 0 Å². The highest BCUT2D eigenvalue weighted by molar-refractivity contribution is 9.10. The molecule has 0 radical (unpaired) electrons. The number of aromatic nitrogens is 3. The Bertz CT molecular complexity index is 985. The lowest BCUT2D eigenvalue weighted by atomic mass is 10.2. The second-order valence-electron chi connectivity index (χ2n) is 5.26. The molecule has 1 N–H and O–H groups in total. The van der Waals surface area contributed by atoms with Crippen LogP contribution in [-0.4, -0.2) is 15.0 Å². The summed E-state index contributed by atoms with van der Waals surface area (Å²) in [7, 11) is 0. The van der Waals surface area contributed by atoms with Crippen LogP contribution in [0, 0.1) is 0 Å². The zero-order valence-corrected chi connectivity index (χ0v) is 14.2. The highest BCUT2D eigenvalue weighted by Crippen LogP contribution is 2.27. The lowest BCUT2D eigenvalue weighted by molar-refractivity contribution is 1.17. The third kappa shape index (κ3) is 2.98. The van der Waals surface area contributed by atoms with E-state index in [1.165, 1.54) is 0 Å². The maximum Gasteiger partial charge on any atom is 0.180 e. The van der Waals surface area contributed by atoms with E-state index in [9.17, 15) is 0 Å². The van der Waals surface area contributed by atoms with Gasteiger partial charge in [0.25, 0.3) is 0 Å². The van der Waals surface area contributed by atoms with Gasteiger partial charge in [0.2, 0.25) is 0 Å². The predicted octanol–water partition coefficient (Wildman–Crippen LogP) is 5.20. The second kappa shape index (κ2) is 6.37. The molecule has 0 bridgehead atoms. The van der Waals surface area contributed by atoms with Gasteiger partial charge >= 0.3 is 0 Å². The maximum atomic E-state index is 4.69. The Morgan fingerprint density at radius 2 is 1.58 bits per heavy atom. The van der Waals surface area contributed by atoms with Gasteiger partial charge in [-0.05, 0) is 48.5 Å². The van der Waals surface area contributed by atoms with E-state index in [0.29, 0.717) is 5.82 Å². The predicted molar refractivity (Wildman–Crippen MR) is 100 cm³/mol. The Morgan fingerprint density at radius 1 is 0.792 bits per heavy atom. The average Bonchev–Trinajstić information content (AvgIpc) is 2.64. The highest BCUT2D eigenvalue weighted by Gasteiger charge is 2.10.